The molecule has 0 saturated carbocycles. The van der Waals surface area contributed by atoms with Gasteiger partial charge in [0.2, 0.25) is 0 Å². The molecule has 1 aliphatic heterocycles. The number of benzene rings is 1. The number of amides is 1. The SMILES string of the molecule is Cc1nc(-c2cccc(NC(=O)c3cn(CCC4CCCCN4)nn3)c2)n[nH]1.Cl. The summed E-state index contributed by atoms with van der Waals surface area (Å²) in [4.78, 5) is 16.8. The molecule has 3 aromatic rings. The van der Waals surface area contributed by atoms with Crippen LogP contribution in [-0.4, -0.2) is 48.7 Å². The number of aromatic amines is 1. The fourth-order valence-corrected chi connectivity index (χ4v) is 3.37. The molecule has 1 fully saturated rings. The van der Waals surface area contributed by atoms with Crippen molar-refractivity contribution in [3.8, 4) is 11.4 Å². The summed E-state index contributed by atoms with van der Waals surface area (Å²) in [5.74, 6) is 1.05. The standard InChI is InChI=1S/C19H24N8O.ClH/c1-13-21-18(25-23-13)14-5-4-7-16(11-14)22-19(28)17-12-27(26-24-17)10-8-15-6-2-3-9-20-15;/h4-5,7,11-12,15,20H,2-3,6,8-10H2,1H3,(H,22,28)(H,21,23,25);1H. The zero-order valence-electron chi connectivity index (χ0n) is 16.3. The maximum absolute atomic E-state index is 12.5. The first-order valence-corrected chi connectivity index (χ1v) is 9.62. The molecule has 3 heterocycles. The molecule has 0 spiro atoms. The minimum Gasteiger partial charge on any atom is -0.321 e. The number of nitrogens with one attached hydrogen (secondary N) is 3. The highest BCUT2D eigenvalue weighted by Crippen LogP contribution is 2.19. The maximum Gasteiger partial charge on any atom is 0.277 e. The Hall–Kier alpha value is -2.78. The van der Waals surface area contributed by atoms with Gasteiger partial charge in [-0.2, -0.15) is 5.10 Å². The Balaban J connectivity index is 0.00000240. The zero-order valence-corrected chi connectivity index (χ0v) is 17.1. The highest BCUT2D eigenvalue weighted by molar-refractivity contribution is 6.02. The number of rotatable bonds is 6. The van der Waals surface area contributed by atoms with Gasteiger partial charge >= 0.3 is 0 Å². The minimum absolute atomic E-state index is 0. The summed E-state index contributed by atoms with van der Waals surface area (Å²) in [6.07, 6.45) is 6.40. The molecule has 0 bridgehead atoms. The summed E-state index contributed by atoms with van der Waals surface area (Å²) < 4.78 is 1.73. The molecular formula is C19H25ClN8O. The third-order valence-corrected chi connectivity index (χ3v) is 4.87. The Morgan fingerprint density at radius 3 is 3.00 bits per heavy atom. The van der Waals surface area contributed by atoms with Crippen molar-refractivity contribution in [3.05, 3.63) is 42.0 Å². The van der Waals surface area contributed by atoms with Gasteiger partial charge < -0.3 is 10.6 Å². The first-order valence-electron chi connectivity index (χ1n) is 9.62. The third-order valence-electron chi connectivity index (χ3n) is 4.87. The number of hydrogen-bond donors (Lipinski definition) is 3. The molecule has 1 aromatic carbocycles. The summed E-state index contributed by atoms with van der Waals surface area (Å²) in [6.45, 7) is 3.68. The van der Waals surface area contributed by atoms with E-state index in [1.807, 2.05) is 31.2 Å². The second-order valence-electron chi connectivity index (χ2n) is 7.08. The maximum atomic E-state index is 12.5. The van der Waals surface area contributed by atoms with Crippen LogP contribution in [0.4, 0.5) is 5.69 Å². The van der Waals surface area contributed by atoms with Crippen LogP contribution < -0.4 is 10.6 Å². The molecule has 4 rings (SSSR count). The first-order chi connectivity index (χ1) is 13.7. The average molecular weight is 417 g/mol. The van der Waals surface area contributed by atoms with Crippen molar-refractivity contribution >= 4 is 24.0 Å². The number of aromatic nitrogens is 6. The van der Waals surface area contributed by atoms with Gasteiger partial charge in [0, 0.05) is 23.8 Å². The van der Waals surface area contributed by atoms with Crippen molar-refractivity contribution < 1.29 is 4.79 Å². The summed E-state index contributed by atoms with van der Waals surface area (Å²) >= 11 is 0. The van der Waals surface area contributed by atoms with E-state index in [1.54, 1.807) is 10.9 Å². The van der Waals surface area contributed by atoms with Crippen LogP contribution in [0.5, 0.6) is 0 Å². The van der Waals surface area contributed by atoms with E-state index in [1.165, 1.54) is 19.3 Å². The Bertz CT molecular complexity index is 947. The number of anilines is 1. The molecule has 1 aliphatic rings. The predicted octanol–water partition coefficient (Wildman–Crippen LogP) is 2.58. The van der Waals surface area contributed by atoms with Gasteiger partial charge in [0.1, 0.15) is 5.82 Å². The van der Waals surface area contributed by atoms with Gasteiger partial charge in [0.05, 0.1) is 6.20 Å². The summed E-state index contributed by atoms with van der Waals surface area (Å²) in [5, 5.41) is 21.4. The number of halogens is 1. The Morgan fingerprint density at radius 1 is 1.34 bits per heavy atom. The summed E-state index contributed by atoms with van der Waals surface area (Å²) in [7, 11) is 0. The van der Waals surface area contributed by atoms with Crippen LogP contribution >= 0.6 is 12.4 Å². The van der Waals surface area contributed by atoms with Crippen LogP contribution in [-0.2, 0) is 6.54 Å². The third kappa shape index (κ3) is 5.39. The van der Waals surface area contributed by atoms with Crippen LogP contribution in [0.25, 0.3) is 11.4 Å². The molecule has 1 amide bonds. The molecule has 1 saturated heterocycles. The number of nitrogens with zero attached hydrogens (tertiary/aromatic N) is 5. The molecular weight excluding hydrogens is 392 g/mol. The monoisotopic (exact) mass is 416 g/mol. The number of carbonyl (C=O) groups is 1. The second-order valence-corrected chi connectivity index (χ2v) is 7.08. The smallest absolute Gasteiger partial charge is 0.277 e. The van der Waals surface area contributed by atoms with Gasteiger partial charge in [-0.05, 0) is 44.9 Å². The Labute approximate surface area is 175 Å². The number of aryl methyl sites for hydroxylation is 2. The first kappa shape index (κ1) is 20.9. The van der Waals surface area contributed by atoms with Crippen molar-refractivity contribution in [2.24, 2.45) is 0 Å². The fourth-order valence-electron chi connectivity index (χ4n) is 3.37. The van der Waals surface area contributed by atoms with E-state index in [9.17, 15) is 4.79 Å². The predicted molar refractivity (Wildman–Crippen MR) is 112 cm³/mol. The van der Waals surface area contributed by atoms with E-state index >= 15 is 0 Å². The van der Waals surface area contributed by atoms with E-state index < -0.39 is 0 Å². The highest BCUT2D eigenvalue weighted by atomic mass is 35.5. The van der Waals surface area contributed by atoms with E-state index in [0.29, 0.717) is 23.2 Å². The number of carbonyl (C=O) groups excluding carboxylic acids is 1. The molecule has 0 aliphatic carbocycles. The van der Waals surface area contributed by atoms with Crippen LogP contribution in [0, 0.1) is 6.92 Å². The molecule has 154 valence electrons. The highest BCUT2D eigenvalue weighted by Gasteiger charge is 2.15. The number of hydrogen-bond acceptors (Lipinski definition) is 6. The normalized spacial score (nSPS) is 16.2. The lowest BCUT2D eigenvalue weighted by molar-refractivity contribution is 0.102. The van der Waals surface area contributed by atoms with E-state index in [4.69, 9.17) is 0 Å². The second kappa shape index (κ2) is 9.62. The van der Waals surface area contributed by atoms with Gasteiger partial charge in [-0.3, -0.25) is 14.6 Å². The van der Waals surface area contributed by atoms with Crippen LogP contribution in [0.15, 0.2) is 30.5 Å². The molecule has 9 nitrogen and oxygen atoms in total. The van der Waals surface area contributed by atoms with Crippen LogP contribution in [0.3, 0.4) is 0 Å². The van der Waals surface area contributed by atoms with Crippen molar-refractivity contribution in [2.75, 3.05) is 11.9 Å². The van der Waals surface area contributed by atoms with Crippen LogP contribution in [0.1, 0.15) is 42.0 Å². The molecule has 0 radical (unpaired) electrons. The topological polar surface area (TPSA) is 113 Å². The van der Waals surface area contributed by atoms with E-state index in [0.717, 1.165) is 30.9 Å². The van der Waals surface area contributed by atoms with Crippen molar-refractivity contribution in [3.63, 3.8) is 0 Å². The lowest BCUT2D eigenvalue weighted by Gasteiger charge is -2.23. The Kier molecular flexibility index (Phi) is 6.95. The molecule has 3 N–H and O–H groups in total. The van der Waals surface area contributed by atoms with Crippen molar-refractivity contribution in [1.82, 2.24) is 35.5 Å². The molecule has 1 unspecified atom stereocenters. The van der Waals surface area contributed by atoms with Crippen LogP contribution in [0.2, 0.25) is 0 Å². The van der Waals surface area contributed by atoms with Gasteiger partial charge in [-0.15, -0.1) is 17.5 Å². The quantitative estimate of drug-likeness (QED) is 0.569. The van der Waals surface area contributed by atoms with E-state index in [2.05, 4.69) is 36.1 Å². The zero-order chi connectivity index (χ0) is 19.3. The molecule has 2 aromatic heterocycles. The molecule has 10 heteroatoms. The van der Waals surface area contributed by atoms with Gasteiger partial charge in [-0.1, -0.05) is 23.8 Å². The molecule has 29 heavy (non-hydrogen) atoms. The van der Waals surface area contributed by atoms with Crippen molar-refractivity contribution in [2.45, 2.75) is 45.2 Å². The largest absolute Gasteiger partial charge is 0.321 e. The average Bonchev–Trinajstić information content (AvgIpc) is 3.37. The van der Waals surface area contributed by atoms with E-state index in [-0.39, 0.29) is 18.3 Å². The molecule has 1 atom stereocenters. The lowest BCUT2D eigenvalue weighted by Crippen LogP contribution is -2.34. The minimum atomic E-state index is -0.287. The fraction of sp³-hybridized carbons (Fsp3) is 0.421. The number of H-pyrrole nitrogens is 1. The van der Waals surface area contributed by atoms with Crippen molar-refractivity contribution in [1.29, 1.82) is 0 Å². The van der Waals surface area contributed by atoms with Gasteiger partial charge in [0.15, 0.2) is 11.5 Å². The van der Waals surface area contributed by atoms with Gasteiger partial charge in [0.25, 0.3) is 5.91 Å². The summed E-state index contributed by atoms with van der Waals surface area (Å²) in [6, 6.07) is 7.93. The summed E-state index contributed by atoms with van der Waals surface area (Å²) in [5.41, 5.74) is 1.78. The van der Waals surface area contributed by atoms with Gasteiger partial charge in [-0.25, -0.2) is 4.98 Å². The Morgan fingerprint density at radius 2 is 2.24 bits per heavy atom. The number of piperidine rings is 1. The lowest BCUT2D eigenvalue weighted by atomic mass is 10.0.